The topological polar surface area (TPSA) is 30.0 Å². The highest BCUT2D eigenvalue weighted by molar-refractivity contribution is 7.84. The van der Waals surface area contributed by atoms with E-state index in [4.69, 9.17) is 0 Å². The third-order valence-corrected chi connectivity index (χ3v) is 3.17. The van der Waals surface area contributed by atoms with Crippen molar-refractivity contribution in [2.75, 3.05) is 6.26 Å². The van der Waals surface area contributed by atoms with Crippen LogP contribution in [0, 0.1) is 6.92 Å². The van der Waals surface area contributed by atoms with Gasteiger partial charge in [-0.2, -0.15) is 0 Å². The van der Waals surface area contributed by atoms with Crippen LogP contribution in [0.15, 0.2) is 18.3 Å². The fourth-order valence-electron chi connectivity index (χ4n) is 0.911. The Bertz CT molecular complexity index is 281. The molecule has 0 aromatic carbocycles. The van der Waals surface area contributed by atoms with Gasteiger partial charge < -0.3 is 0 Å². The molecule has 66 valence electrons. The van der Waals surface area contributed by atoms with Crippen molar-refractivity contribution in [3.63, 3.8) is 0 Å². The summed E-state index contributed by atoms with van der Waals surface area (Å²) in [6.45, 7) is 3.89. The lowest BCUT2D eigenvalue weighted by Gasteiger charge is -2.07. The van der Waals surface area contributed by atoms with Gasteiger partial charge >= 0.3 is 0 Å². The zero-order valence-corrected chi connectivity index (χ0v) is 8.39. The summed E-state index contributed by atoms with van der Waals surface area (Å²) >= 11 is 0. The van der Waals surface area contributed by atoms with Crippen molar-refractivity contribution in [2.45, 2.75) is 19.1 Å². The Morgan fingerprint density at radius 1 is 1.50 bits per heavy atom. The molecule has 1 rings (SSSR count). The first kappa shape index (κ1) is 9.39. The maximum atomic E-state index is 11.1. The summed E-state index contributed by atoms with van der Waals surface area (Å²) < 4.78 is 11.1. The average Bonchev–Trinajstić information content (AvgIpc) is 2.04. The Morgan fingerprint density at radius 3 is 2.58 bits per heavy atom. The Morgan fingerprint density at radius 2 is 2.17 bits per heavy atom. The van der Waals surface area contributed by atoms with Crippen LogP contribution in [0.5, 0.6) is 0 Å². The molecule has 12 heavy (non-hydrogen) atoms. The number of nitrogens with zero attached hydrogens (tertiary/aromatic N) is 1. The van der Waals surface area contributed by atoms with Gasteiger partial charge in [-0.3, -0.25) is 9.19 Å². The summed E-state index contributed by atoms with van der Waals surface area (Å²) in [6, 6.07) is 3.92. The predicted molar refractivity (Wildman–Crippen MR) is 51.5 cm³/mol. The minimum Gasteiger partial charge on any atom is -0.261 e. The first-order valence-corrected chi connectivity index (χ1v) is 5.48. The van der Waals surface area contributed by atoms with Gasteiger partial charge in [0.25, 0.3) is 0 Å². The van der Waals surface area contributed by atoms with Crippen molar-refractivity contribution in [3.8, 4) is 0 Å². The average molecular weight is 183 g/mol. The molecule has 0 aliphatic heterocycles. The van der Waals surface area contributed by atoms with Gasteiger partial charge in [-0.15, -0.1) is 0 Å². The molecule has 0 radical (unpaired) electrons. The Labute approximate surface area is 75.5 Å². The fourth-order valence-corrected chi connectivity index (χ4v) is 1.43. The van der Waals surface area contributed by atoms with Crippen LogP contribution < -0.4 is 0 Å². The summed E-state index contributed by atoms with van der Waals surface area (Å²) in [5.74, 6) is 0. The SMILES string of the molecule is Cc1ccc(C(C)S(C)=O)cn1. The Balaban J connectivity index is 2.89. The summed E-state index contributed by atoms with van der Waals surface area (Å²) in [5, 5.41) is 0.0816. The van der Waals surface area contributed by atoms with E-state index in [1.807, 2.05) is 26.0 Å². The number of hydrogen-bond acceptors (Lipinski definition) is 2. The smallest absolute Gasteiger partial charge is 0.0581 e. The van der Waals surface area contributed by atoms with E-state index in [2.05, 4.69) is 4.98 Å². The van der Waals surface area contributed by atoms with E-state index < -0.39 is 10.8 Å². The summed E-state index contributed by atoms with van der Waals surface area (Å²) in [4.78, 5) is 4.15. The zero-order chi connectivity index (χ0) is 9.14. The summed E-state index contributed by atoms with van der Waals surface area (Å²) in [7, 11) is -0.808. The van der Waals surface area contributed by atoms with Gasteiger partial charge in [-0.1, -0.05) is 6.07 Å². The van der Waals surface area contributed by atoms with Crippen molar-refractivity contribution in [1.82, 2.24) is 4.98 Å². The van der Waals surface area contributed by atoms with Crippen LogP contribution in [0.4, 0.5) is 0 Å². The standard InChI is InChI=1S/C9H13NOS/c1-7-4-5-9(6-10-7)8(2)12(3)11/h4-6,8H,1-3H3. The molecule has 0 bridgehead atoms. The van der Waals surface area contributed by atoms with Crippen LogP contribution >= 0.6 is 0 Å². The molecule has 1 heterocycles. The molecular weight excluding hydrogens is 170 g/mol. The van der Waals surface area contributed by atoms with E-state index >= 15 is 0 Å². The van der Waals surface area contributed by atoms with Crippen molar-refractivity contribution < 1.29 is 4.21 Å². The molecule has 2 atom stereocenters. The Kier molecular flexibility index (Phi) is 2.98. The fraction of sp³-hybridized carbons (Fsp3) is 0.444. The molecule has 0 fully saturated rings. The summed E-state index contributed by atoms with van der Waals surface area (Å²) in [5.41, 5.74) is 2.04. The van der Waals surface area contributed by atoms with E-state index in [0.717, 1.165) is 11.3 Å². The summed E-state index contributed by atoms with van der Waals surface area (Å²) in [6.07, 6.45) is 3.51. The Hall–Kier alpha value is -0.700. The second-order valence-electron chi connectivity index (χ2n) is 2.87. The molecule has 0 amide bonds. The highest BCUT2D eigenvalue weighted by Crippen LogP contribution is 2.16. The van der Waals surface area contributed by atoms with Crippen LogP contribution in [0.25, 0.3) is 0 Å². The number of aryl methyl sites for hydroxylation is 1. The van der Waals surface area contributed by atoms with Crippen LogP contribution in [0.3, 0.4) is 0 Å². The molecule has 2 nitrogen and oxygen atoms in total. The van der Waals surface area contributed by atoms with E-state index in [9.17, 15) is 4.21 Å². The molecular formula is C9H13NOS. The van der Waals surface area contributed by atoms with E-state index in [-0.39, 0.29) is 5.25 Å². The van der Waals surface area contributed by atoms with Gasteiger partial charge in [-0.25, -0.2) is 0 Å². The van der Waals surface area contributed by atoms with Gasteiger partial charge in [0.1, 0.15) is 0 Å². The van der Waals surface area contributed by atoms with Crippen LogP contribution in [-0.4, -0.2) is 15.4 Å². The minimum absolute atomic E-state index is 0.0816. The highest BCUT2D eigenvalue weighted by Gasteiger charge is 2.08. The maximum absolute atomic E-state index is 11.1. The molecule has 0 saturated carbocycles. The van der Waals surface area contributed by atoms with Crippen molar-refractivity contribution >= 4 is 10.8 Å². The van der Waals surface area contributed by atoms with Crippen LogP contribution in [0.1, 0.15) is 23.4 Å². The monoisotopic (exact) mass is 183 g/mol. The van der Waals surface area contributed by atoms with Crippen molar-refractivity contribution in [2.24, 2.45) is 0 Å². The molecule has 0 aliphatic carbocycles. The predicted octanol–water partition coefficient (Wildman–Crippen LogP) is 1.83. The molecule has 3 heteroatoms. The van der Waals surface area contributed by atoms with E-state index in [1.165, 1.54) is 0 Å². The maximum Gasteiger partial charge on any atom is 0.0581 e. The van der Waals surface area contributed by atoms with Gasteiger partial charge in [-0.05, 0) is 25.5 Å². The van der Waals surface area contributed by atoms with Gasteiger partial charge in [0.05, 0.1) is 5.25 Å². The molecule has 0 saturated heterocycles. The lowest BCUT2D eigenvalue weighted by atomic mass is 10.2. The van der Waals surface area contributed by atoms with E-state index in [1.54, 1.807) is 12.5 Å². The van der Waals surface area contributed by atoms with Gasteiger partial charge in [0.15, 0.2) is 0 Å². The lowest BCUT2D eigenvalue weighted by molar-refractivity contribution is 0.680. The van der Waals surface area contributed by atoms with E-state index in [0.29, 0.717) is 0 Å². The van der Waals surface area contributed by atoms with Gasteiger partial charge in [0, 0.05) is 28.9 Å². The second-order valence-corrected chi connectivity index (χ2v) is 4.58. The largest absolute Gasteiger partial charge is 0.261 e. The second kappa shape index (κ2) is 3.81. The first-order chi connectivity index (χ1) is 5.61. The molecule has 0 spiro atoms. The molecule has 0 N–H and O–H groups in total. The quantitative estimate of drug-likeness (QED) is 0.700. The van der Waals surface area contributed by atoms with Gasteiger partial charge in [0.2, 0.25) is 0 Å². The third-order valence-electron chi connectivity index (χ3n) is 1.90. The highest BCUT2D eigenvalue weighted by atomic mass is 32.2. The van der Waals surface area contributed by atoms with Crippen molar-refractivity contribution in [3.05, 3.63) is 29.6 Å². The molecule has 1 aromatic heterocycles. The number of pyridine rings is 1. The zero-order valence-electron chi connectivity index (χ0n) is 7.57. The third kappa shape index (κ3) is 2.14. The first-order valence-electron chi connectivity index (χ1n) is 3.86. The molecule has 2 unspecified atom stereocenters. The number of rotatable bonds is 2. The lowest BCUT2D eigenvalue weighted by Crippen LogP contribution is -2.00. The molecule has 0 aliphatic rings. The normalized spacial score (nSPS) is 15.6. The number of aromatic nitrogens is 1. The van der Waals surface area contributed by atoms with Crippen LogP contribution in [-0.2, 0) is 10.8 Å². The minimum atomic E-state index is -0.808. The molecule has 1 aromatic rings. The van der Waals surface area contributed by atoms with Crippen LogP contribution in [0.2, 0.25) is 0 Å². The van der Waals surface area contributed by atoms with Crippen molar-refractivity contribution in [1.29, 1.82) is 0 Å². The number of hydrogen-bond donors (Lipinski definition) is 0.